The Morgan fingerprint density at radius 3 is 1.97 bits per heavy atom. The van der Waals surface area contributed by atoms with Gasteiger partial charge in [0.15, 0.2) is 6.04 Å². The van der Waals surface area contributed by atoms with Crippen LogP contribution in [0.3, 0.4) is 0 Å². The van der Waals surface area contributed by atoms with E-state index in [2.05, 4.69) is 16.0 Å². The Morgan fingerprint density at radius 1 is 0.868 bits per heavy atom. The number of benzene rings is 1. The van der Waals surface area contributed by atoms with E-state index in [9.17, 15) is 39.0 Å². The molecule has 15 heteroatoms. The lowest BCUT2D eigenvalue weighted by molar-refractivity contribution is -0.146. The Kier molecular flexibility index (Phi) is 12.0. The summed E-state index contributed by atoms with van der Waals surface area (Å²) in [5.41, 5.74) is 6.12. The number of hydrogen-bond donors (Lipinski definition) is 9. The highest BCUT2D eigenvalue weighted by molar-refractivity contribution is 6.03. The Hall–Kier alpha value is -4.40. The summed E-state index contributed by atoms with van der Waals surface area (Å²) in [6.07, 6.45) is -2.35. The van der Waals surface area contributed by atoms with Gasteiger partial charge in [-0.25, -0.2) is 4.79 Å². The van der Waals surface area contributed by atoms with E-state index in [1.807, 2.05) is 5.32 Å². The molecule has 1 aromatic rings. The van der Waals surface area contributed by atoms with Gasteiger partial charge in [0.05, 0.1) is 18.1 Å². The minimum absolute atomic E-state index is 0.0352. The first-order valence-electron chi connectivity index (χ1n) is 11.5. The third-order valence-electron chi connectivity index (χ3n) is 5.13. The summed E-state index contributed by atoms with van der Waals surface area (Å²) in [4.78, 5) is 72.0. The molecule has 0 aromatic heterocycles. The number of hydrogen-bond acceptors (Lipinski definition) is 9. The average Bonchev–Trinajstić information content (AvgIpc) is 2.79. The van der Waals surface area contributed by atoms with Crippen molar-refractivity contribution in [2.24, 2.45) is 5.92 Å². The zero-order valence-corrected chi connectivity index (χ0v) is 21.1. The molecule has 0 spiro atoms. The molecule has 0 radical (unpaired) electrons. The summed E-state index contributed by atoms with van der Waals surface area (Å²) in [6.45, 7) is 4.18. The second-order valence-corrected chi connectivity index (χ2v) is 8.93. The molecule has 0 aliphatic rings. The van der Waals surface area contributed by atoms with Crippen LogP contribution in [-0.4, -0.2) is 86.8 Å². The second kappa shape index (κ2) is 14.4. The summed E-state index contributed by atoms with van der Waals surface area (Å²) < 4.78 is 0. The van der Waals surface area contributed by atoms with Crippen LogP contribution < -0.4 is 27.0 Å². The number of carboxylic acids is 3. The standard InChI is InChI=1S/C23H33N5O10/c1-10(2)6-15(26-20(34)13-7-12(4-5-14(13)24)25-9-18(32)33)21(35)27-16(8-17(30)31)22(36)28-19(11(3)29)23(37)38/h4-5,7,10-11,15-16,19,25,29H,6,8-9,24H2,1-3H3,(H,26,34)(H,27,35)(H,28,36)(H,30,31)(H,32,33)(H,37,38). The van der Waals surface area contributed by atoms with E-state index < -0.39 is 72.8 Å². The zero-order valence-electron chi connectivity index (χ0n) is 21.1. The van der Waals surface area contributed by atoms with Crippen molar-refractivity contribution >= 4 is 47.0 Å². The first-order valence-corrected chi connectivity index (χ1v) is 11.5. The molecule has 4 atom stereocenters. The molecule has 38 heavy (non-hydrogen) atoms. The first-order chi connectivity index (χ1) is 17.6. The lowest BCUT2D eigenvalue weighted by Gasteiger charge is -2.25. The summed E-state index contributed by atoms with van der Waals surface area (Å²) >= 11 is 0. The minimum atomic E-state index is -1.76. The maximum Gasteiger partial charge on any atom is 0.328 e. The van der Waals surface area contributed by atoms with Gasteiger partial charge < -0.3 is 47.4 Å². The number of nitrogens with one attached hydrogen (secondary N) is 4. The van der Waals surface area contributed by atoms with Crippen LogP contribution in [0.15, 0.2) is 18.2 Å². The average molecular weight is 540 g/mol. The topological polar surface area (TPSA) is 257 Å². The highest BCUT2D eigenvalue weighted by atomic mass is 16.4. The number of anilines is 2. The predicted octanol–water partition coefficient (Wildman–Crippen LogP) is -1.18. The zero-order chi connectivity index (χ0) is 29.2. The van der Waals surface area contributed by atoms with Gasteiger partial charge in [0.25, 0.3) is 5.91 Å². The van der Waals surface area contributed by atoms with Crippen molar-refractivity contribution in [1.82, 2.24) is 16.0 Å². The fraction of sp³-hybridized carbons (Fsp3) is 0.478. The van der Waals surface area contributed by atoms with E-state index in [1.165, 1.54) is 18.2 Å². The van der Waals surface area contributed by atoms with Crippen molar-refractivity contribution in [3.63, 3.8) is 0 Å². The lowest BCUT2D eigenvalue weighted by Crippen LogP contribution is -2.58. The third kappa shape index (κ3) is 10.3. The van der Waals surface area contributed by atoms with Crippen molar-refractivity contribution in [3.05, 3.63) is 23.8 Å². The molecule has 0 fully saturated rings. The number of aliphatic hydroxyl groups is 1. The highest BCUT2D eigenvalue weighted by Gasteiger charge is 2.33. The summed E-state index contributed by atoms with van der Waals surface area (Å²) in [5, 5.41) is 46.0. The van der Waals surface area contributed by atoms with Crippen LogP contribution in [0.5, 0.6) is 0 Å². The van der Waals surface area contributed by atoms with Crippen molar-refractivity contribution in [1.29, 1.82) is 0 Å². The molecule has 0 saturated heterocycles. The number of nitrogen functional groups attached to an aromatic ring is 1. The van der Waals surface area contributed by atoms with Gasteiger partial charge in [-0.05, 0) is 37.5 Å². The van der Waals surface area contributed by atoms with E-state index >= 15 is 0 Å². The fourth-order valence-corrected chi connectivity index (χ4v) is 3.28. The van der Waals surface area contributed by atoms with Crippen molar-refractivity contribution in [2.45, 2.75) is 57.8 Å². The molecule has 210 valence electrons. The fourth-order valence-electron chi connectivity index (χ4n) is 3.28. The second-order valence-electron chi connectivity index (χ2n) is 8.93. The quantitative estimate of drug-likeness (QED) is 0.119. The predicted molar refractivity (Wildman–Crippen MR) is 133 cm³/mol. The summed E-state index contributed by atoms with van der Waals surface area (Å²) in [6, 6.07) is -0.618. The number of rotatable bonds is 15. The summed E-state index contributed by atoms with van der Waals surface area (Å²) in [7, 11) is 0. The van der Waals surface area contributed by atoms with Gasteiger partial charge in [-0.3, -0.25) is 24.0 Å². The van der Waals surface area contributed by atoms with Gasteiger partial charge in [0.1, 0.15) is 18.6 Å². The molecule has 1 rings (SSSR count). The monoisotopic (exact) mass is 539 g/mol. The largest absolute Gasteiger partial charge is 0.481 e. The van der Waals surface area contributed by atoms with E-state index in [0.717, 1.165) is 6.92 Å². The number of aliphatic hydroxyl groups excluding tert-OH is 1. The van der Waals surface area contributed by atoms with Gasteiger partial charge in [-0.15, -0.1) is 0 Å². The van der Waals surface area contributed by atoms with Gasteiger partial charge in [-0.2, -0.15) is 0 Å². The molecule has 4 unspecified atom stereocenters. The lowest BCUT2D eigenvalue weighted by atomic mass is 10.0. The van der Waals surface area contributed by atoms with Crippen LogP contribution in [0.1, 0.15) is 44.0 Å². The number of carboxylic acid groups (broad SMARTS) is 3. The molecule has 10 N–H and O–H groups in total. The van der Waals surface area contributed by atoms with Crippen molar-refractivity contribution in [3.8, 4) is 0 Å². The van der Waals surface area contributed by atoms with Crippen LogP contribution >= 0.6 is 0 Å². The van der Waals surface area contributed by atoms with Gasteiger partial charge in [0, 0.05) is 11.4 Å². The van der Waals surface area contributed by atoms with Crippen LogP contribution in [0.4, 0.5) is 11.4 Å². The number of aliphatic carboxylic acids is 3. The normalized spacial score (nSPS) is 13.9. The molecule has 0 aliphatic heterocycles. The molecule has 0 aliphatic carbocycles. The molecular weight excluding hydrogens is 506 g/mol. The van der Waals surface area contributed by atoms with Crippen molar-refractivity contribution < 1.29 is 49.2 Å². The maximum absolute atomic E-state index is 13.1. The van der Waals surface area contributed by atoms with Crippen LogP contribution in [0.2, 0.25) is 0 Å². The Morgan fingerprint density at radius 2 is 1.47 bits per heavy atom. The highest BCUT2D eigenvalue weighted by Crippen LogP contribution is 2.18. The minimum Gasteiger partial charge on any atom is -0.481 e. The molecule has 15 nitrogen and oxygen atoms in total. The third-order valence-corrected chi connectivity index (χ3v) is 5.13. The molecule has 0 bridgehead atoms. The Balaban J connectivity index is 3.14. The molecule has 0 heterocycles. The smallest absolute Gasteiger partial charge is 0.328 e. The number of carbonyl (C=O) groups excluding carboxylic acids is 3. The van der Waals surface area contributed by atoms with Gasteiger partial charge >= 0.3 is 17.9 Å². The molecule has 1 aromatic carbocycles. The Labute approximate surface area is 217 Å². The van der Waals surface area contributed by atoms with Crippen LogP contribution in [-0.2, 0) is 24.0 Å². The van der Waals surface area contributed by atoms with Gasteiger partial charge in [-0.1, -0.05) is 13.8 Å². The number of amides is 3. The molecule has 0 saturated carbocycles. The van der Waals surface area contributed by atoms with E-state index in [0.29, 0.717) is 0 Å². The van der Waals surface area contributed by atoms with E-state index in [4.69, 9.17) is 15.9 Å². The van der Waals surface area contributed by atoms with Crippen LogP contribution in [0, 0.1) is 5.92 Å². The molecular formula is C23H33N5O10. The van der Waals surface area contributed by atoms with E-state index in [1.54, 1.807) is 13.8 Å². The van der Waals surface area contributed by atoms with Crippen LogP contribution in [0.25, 0.3) is 0 Å². The summed E-state index contributed by atoms with van der Waals surface area (Å²) in [5.74, 6) is -7.20. The maximum atomic E-state index is 13.1. The van der Waals surface area contributed by atoms with Gasteiger partial charge in [0.2, 0.25) is 11.8 Å². The number of nitrogens with two attached hydrogens (primary N) is 1. The van der Waals surface area contributed by atoms with Crippen molar-refractivity contribution in [2.75, 3.05) is 17.6 Å². The Bertz CT molecular complexity index is 1060. The van der Waals surface area contributed by atoms with E-state index in [-0.39, 0.29) is 29.3 Å². The number of carbonyl (C=O) groups is 6. The SMILES string of the molecule is CC(C)CC(NC(=O)c1cc(NCC(=O)O)ccc1N)C(=O)NC(CC(=O)O)C(=O)NC(C(=O)O)C(C)O. The first kappa shape index (κ1) is 31.6. The molecule has 3 amide bonds.